The number of aliphatic carboxylic acids is 1. The third-order valence-electron chi connectivity index (χ3n) is 2.32. The first-order chi connectivity index (χ1) is 8.20. The summed E-state index contributed by atoms with van der Waals surface area (Å²) in [7, 11) is 0. The second-order valence-electron chi connectivity index (χ2n) is 4.00. The molecule has 0 atom stereocenters. The summed E-state index contributed by atoms with van der Waals surface area (Å²) >= 11 is 0. The summed E-state index contributed by atoms with van der Waals surface area (Å²) in [6.07, 6.45) is 11.4. The van der Waals surface area contributed by atoms with E-state index in [1.54, 1.807) is 0 Å². The van der Waals surface area contributed by atoms with Gasteiger partial charge in [-0.2, -0.15) is 0 Å². The van der Waals surface area contributed by atoms with E-state index in [0.29, 0.717) is 6.42 Å². The number of nitrogens with zero attached hydrogens (tertiary/aromatic N) is 2. The number of hydrogen-bond acceptors (Lipinski definition) is 2. The Labute approximate surface area is 104 Å². The van der Waals surface area contributed by atoms with Gasteiger partial charge < -0.3 is 9.67 Å². The van der Waals surface area contributed by atoms with Crippen molar-refractivity contribution in [1.82, 2.24) is 9.55 Å². The summed E-state index contributed by atoms with van der Waals surface area (Å²) in [6.45, 7) is 5.36. The Hall–Kier alpha value is -1.32. The largest absolute Gasteiger partial charge is 0.481 e. The minimum atomic E-state index is -0.682. The number of carbonyl (C=O) groups is 1. The van der Waals surface area contributed by atoms with Crippen molar-refractivity contribution in [3.8, 4) is 0 Å². The minimum absolute atomic E-state index is 0.327. The van der Waals surface area contributed by atoms with E-state index in [9.17, 15) is 4.79 Å². The quantitative estimate of drug-likeness (QED) is 0.744. The summed E-state index contributed by atoms with van der Waals surface area (Å²) in [5.41, 5.74) is 0. The number of rotatable bonds is 7. The molecule has 4 nitrogen and oxygen atoms in total. The number of carboxylic acid groups (broad SMARTS) is 1. The van der Waals surface area contributed by atoms with Crippen molar-refractivity contribution in [3.05, 3.63) is 18.7 Å². The predicted molar refractivity (Wildman–Crippen MR) is 68.9 cm³/mol. The van der Waals surface area contributed by atoms with E-state index in [2.05, 4.69) is 23.4 Å². The van der Waals surface area contributed by atoms with Gasteiger partial charge in [0.05, 0.1) is 6.33 Å². The highest BCUT2D eigenvalue weighted by Crippen LogP contribution is 1.97. The highest BCUT2D eigenvalue weighted by atomic mass is 16.4. The molecule has 0 aliphatic carbocycles. The molecule has 0 saturated heterocycles. The lowest BCUT2D eigenvalue weighted by molar-refractivity contribution is -0.137. The van der Waals surface area contributed by atoms with Crippen LogP contribution in [-0.4, -0.2) is 20.6 Å². The molecule has 0 amide bonds. The Morgan fingerprint density at radius 1 is 1.24 bits per heavy atom. The maximum absolute atomic E-state index is 9.87. The first kappa shape index (κ1) is 15.7. The maximum atomic E-state index is 9.87. The molecule has 0 unspecified atom stereocenters. The van der Waals surface area contributed by atoms with E-state index in [0.717, 1.165) is 25.8 Å². The van der Waals surface area contributed by atoms with E-state index in [1.165, 1.54) is 12.8 Å². The van der Waals surface area contributed by atoms with Gasteiger partial charge in [-0.25, -0.2) is 4.98 Å². The van der Waals surface area contributed by atoms with Crippen LogP contribution in [0.15, 0.2) is 18.7 Å². The molecule has 0 saturated carbocycles. The Kier molecular flexibility index (Phi) is 10.3. The van der Waals surface area contributed by atoms with Crippen LogP contribution in [0.2, 0.25) is 0 Å². The van der Waals surface area contributed by atoms with Crippen LogP contribution in [0, 0.1) is 0 Å². The van der Waals surface area contributed by atoms with Crippen LogP contribution in [0.4, 0.5) is 0 Å². The van der Waals surface area contributed by atoms with Gasteiger partial charge >= 0.3 is 5.97 Å². The number of carboxylic acids is 1. The third-order valence-corrected chi connectivity index (χ3v) is 2.32. The predicted octanol–water partition coefficient (Wildman–Crippen LogP) is 3.33. The minimum Gasteiger partial charge on any atom is -0.481 e. The smallest absolute Gasteiger partial charge is 0.303 e. The summed E-state index contributed by atoms with van der Waals surface area (Å²) in [5.74, 6) is -0.682. The number of imidazole rings is 1. The molecule has 1 aromatic heterocycles. The second kappa shape index (κ2) is 11.2. The van der Waals surface area contributed by atoms with E-state index in [4.69, 9.17) is 5.11 Å². The first-order valence-electron chi connectivity index (χ1n) is 6.38. The third kappa shape index (κ3) is 11.0. The second-order valence-corrected chi connectivity index (χ2v) is 4.00. The zero-order valence-electron chi connectivity index (χ0n) is 10.9. The van der Waals surface area contributed by atoms with Crippen molar-refractivity contribution >= 4 is 5.97 Å². The normalized spacial score (nSPS) is 9.53. The molecule has 1 heterocycles. The molecule has 0 fully saturated rings. The van der Waals surface area contributed by atoms with Gasteiger partial charge in [0.2, 0.25) is 0 Å². The molecular formula is C13H24N2O2. The van der Waals surface area contributed by atoms with Crippen molar-refractivity contribution in [2.24, 2.45) is 0 Å². The summed E-state index contributed by atoms with van der Waals surface area (Å²) in [5, 5.41) is 8.14. The number of unbranched alkanes of at least 4 members (excludes halogenated alkanes) is 3. The van der Waals surface area contributed by atoms with E-state index >= 15 is 0 Å². The average Bonchev–Trinajstić information content (AvgIpc) is 2.80. The maximum Gasteiger partial charge on any atom is 0.303 e. The molecule has 0 aromatic carbocycles. The lowest BCUT2D eigenvalue weighted by Crippen LogP contribution is -1.92. The zero-order chi connectivity index (χ0) is 12.9. The highest BCUT2D eigenvalue weighted by molar-refractivity contribution is 5.66. The molecule has 0 aliphatic heterocycles. The van der Waals surface area contributed by atoms with Crippen LogP contribution in [0.5, 0.6) is 0 Å². The zero-order valence-corrected chi connectivity index (χ0v) is 10.9. The fraction of sp³-hybridized carbons (Fsp3) is 0.692. The molecule has 0 spiro atoms. The summed E-state index contributed by atoms with van der Waals surface area (Å²) in [6, 6.07) is 0. The topological polar surface area (TPSA) is 55.1 Å². The monoisotopic (exact) mass is 240 g/mol. The van der Waals surface area contributed by atoms with Crippen LogP contribution in [0.3, 0.4) is 0 Å². The fourth-order valence-electron chi connectivity index (χ4n) is 1.29. The molecule has 1 N–H and O–H groups in total. The van der Waals surface area contributed by atoms with Gasteiger partial charge in [0.15, 0.2) is 0 Å². The first-order valence-corrected chi connectivity index (χ1v) is 6.38. The summed E-state index contributed by atoms with van der Waals surface area (Å²) in [4.78, 5) is 13.8. The van der Waals surface area contributed by atoms with Crippen molar-refractivity contribution < 1.29 is 9.90 Å². The van der Waals surface area contributed by atoms with Crippen LogP contribution >= 0.6 is 0 Å². The van der Waals surface area contributed by atoms with Crippen LogP contribution in [0.1, 0.15) is 52.4 Å². The SMILES string of the molecule is CCCCCC(=O)O.CCCCn1ccnc1. The number of aryl methyl sites for hydroxylation is 1. The molecule has 1 rings (SSSR count). The highest BCUT2D eigenvalue weighted by Gasteiger charge is 1.92. The molecule has 4 heteroatoms. The van der Waals surface area contributed by atoms with Gasteiger partial charge in [0, 0.05) is 25.4 Å². The van der Waals surface area contributed by atoms with Gasteiger partial charge in [0.1, 0.15) is 0 Å². The van der Waals surface area contributed by atoms with E-state index in [-0.39, 0.29) is 0 Å². The van der Waals surface area contributed by atoms with Gasteiger partial charge in [-0.15, -0.1) is 0 Å². The summed E-state index contributed by atoms with van der Waals surface area (Å²) < 4.78 is 2.10. The van der Waals surface area contributed by atoms with E-state index in [1.807, 2.05) is 18.7 Å². The van der Waals surface area contributed by atoms with Gasteiger partial charge in [-0.1, -0.05) is 33.1 Å². The Bertz CT molecular complexity index is 271. The Morgan fingerprint density at radius 3 is 2.41 bits per heavy atom. The number of hydrogen-bond donors (Lipinski definition) is 1. The lowest BCUT2D eigenvalue weighted by Gasteiger charge is -1.96. The van der Waals surface area contributed by atoms with Crippen LogP contribution < -0.4 is 0 Å². The number of aromatic nitrogens is 2. The standard InChI is InChI=1S/C7H12N2.C6H12O2/c1-2-3-5-9-6-4-8-7-9;1-2-3-4-5-6(7)8/h4,6-7H,2-3,5H2,1H3;2-5H2,1H3,(H,7,8). The molecule has 0 radical (unpaired) electrons. The fourth-order valence-corrected chi connectivity index (χ4v) is 1.29. The Balaban J connectivity index is 0.000000304. The molecular weight excluding hydrogens is 216 g/mol. The van der Waals surface area contributed by atoms with Crippen molar-refractivity contribution in [2.45, 2.75) is 58.9 Å². The molecule has 17 heavy (non-hydrogen) atoms. The molecule has 98 valence electrons. The van der Waals surface area contributed by atoms with Gasteiger partial charge in [0.25, 0.3) is 0 Å². The lowest BCUT2D eigenvalue weighted by atomic mass is 10.2. The molecule has 0 bridgehead atoms. The van der Waals surface area contributed by atoms with Crippen molar-refractivity contribution in [1.29, 1.82) is 0 Å². The van der Waals surface area contributed by atoms with Gasteiger partial charge in [-0.05, 0) is 12.8 Å². The average molecular weight is 240 g/mol. The van der Waals surface area contributed by atoms with Crippen LogP contribution in [0.25, 0.3) is 0 Å². The van der Waals surface area contributed by atoms with Crippen molar-refractivity contribution in [2.75, 3.05) is 0 Å². The molecule has 0 aliphatic rings. The van der Waals surface area contributed by atoms with Crippen LogP contribution in [-0.2, 0) is 11.3 Å². The van der Waals surface area contributed by atoms with Crippen molar-refractivity contribution in [3.63, 3.8) is 0 Å². The Morgan fingerprint density at radius 2 is 1.94 bits per heavy atom. The van der Waals surface area contributed by atoms with E-state index < -0.39 is 5.97 Å². The molecule has 1 aromatic rings. The van der Waals surface area contributed by atoms with Gasteiger partial charge in [-0.3, -0.25) is 4.79 Å².